The number of rotatable bonds is 5. The van der Waals surface area contributed by atoms with Crippen LogP contribution in [0.1, 0.15) is 67.4 Å². The summed E-state index contributed by atoms with van der Waals surface area (Å²) in [5.41, 5.74) is 1.20. The minimum atomic E-state index is -1.08. The molecule has 34 heavy (non-hydrogen) atoms. The molecule has 1 aliphatic heterocycles. The highest BCUT2D eigenvalue weighted by atomic mass is 32.1. The van der Waals surface area contributed by atoms with E-state index in [1.807, 2.05) is 17.6 Å². The zero-order valence-corrected chi connectivity index (χ0v) is 20.9. The molecule has 7 heteroatoms. The van der Waals surface area contributed by atoms with Crippen LogP contribution in [0.15, 0.2) is 36.4 Å². The van der Waals surface area contributed by atoms with Gasteiger partial charge in [0.2, 0.25) is 5.91 Å². The van der Waals surface area contributed by atoms with Gasteiger partial charge in [0.15, 0.2) is 0 Å². The highest BCUT2D eigenvalue weighted by molar-refractivity contribution is 7.19. The van der Waals surface area contributed by atoms with Crippen LogP contribution in [0.5, 0.6) is 0 Å². The zero-order valence-electron chi connectivity index (χ0n) is 20.1. The second kappa shape index (κ2) is 8.84. The van der Waals surface area contributed by atoms with Gasteiger partial charge < -0.3 is 14.8 Å². The zero-order chi connectivity index (χ0) is 24.0. The first-order valence-electron chi connectivity index (χ1n) is 12.3. The van der Waals surface area contributed by atoms with Crippen LogP contribution in [0.4, 0.5) is 4.39 Å². The highest BCUT2D eigenvalue weighted by Gasteiger charge is 2.48. The maximum Gasteiger partial charge on any atom is 0.271 e. The number of carbonyl (C=O) groups excluding carboxylic acids is 2. The number of nitrogens with zero attached hydrogens (tertiary/aromatic N) is 2. The third kappa shape index (κ3) is 4.04. The van der Waals surface area contributed by atoms with Crippen molar-refractivity contribution in [1.29, 1.82) is 0 Å². The van der Waals surface area contributed by atoms with Gasteiger partial charge in [0, 0.05) is 17.5 Å². The van der Waals surface area contributed by atoms with Crippen LogP contribution in [0.3, 0.4) is 0 Å². The van der Waals surface area contributed by atoms with Crippen molar-refractivity contribution in [2.75, 3.05) is 0 Å². The van der Waals surface area contributed by atoms with Crippen LogP contribution in [0.2, 0.25) is 0 Å². The van der Waals surface area contributed by atoms with Gasteiger partial charge in [-0.15, -0.1) is 11.3 Å². The van der Waals surface area contributed by atoms with Crippen molar-refractivity contribution in [1.82, 2.24) is 14.8 Å². The van der Waals surface area contributed by atoms with Gasteiger partial charge in [-0.05, 0) is 74.8 Å². The SMILES string of the molecule is CCc1cc2c(cc3n2C[C@](C)(C(=O)NC2CCC(C)CC2)N(Cc2cccc(F)c2)C3=O)s1. The first kappa shape index (κ1) is 23.1. The number of carbonyl (C=O) groups is 2. The Bertz CT molecular complexity index is 1240. The smallest absolute Gasteiger partial charge is 0.271 e. The molecule has 0 radical (unpaired) electrons. The second-order valence-electron chi connectivity index (χ2n) is 10.2. The van der Waals surface area contributed by atoms with E-state index in [1.54, 1.807) is 28.4 Å². The number of amides is 2. The number of thiophene rings is 1. The first-order chi connectivity index (χ1) is 16.3. The van der Waals surface area contributed by atoms with Gasteiger partial charge in [-0.25, -0.2) is 4.39 Å². The summed E-state index contributed by atoms with van der Waals surface area (Å²) in [6, 6.07) is 10.5. The van der Waals surface area contributed by atoms with Crippen molar-refractivity contribution in [3.63, 3.8) is 0 Å². The van der Waals surface area contributed by atoms with Gasteiger partial charge in [-0.3, -0.25) is 9.59 Å². The number of aromatic nitrogens is 1. The quantitative estimate of drug-likeness (QED) is 0.522. The van der Waals surface area contributed by atoms with Gasteiger partial charge >= 0.3 is 0 Å². The lowest BCUT2D eigenvalue weighted by atomic mass is 9.86. The molecular formula is C27H32FN3O2S. The van der Waals surface area contributed by atoms with Crippen LogP contribution < -0.4 is 5.32 Å². The fraction of sp³-hybridized carbons (Fsp3) is 0.481. The average Bonchev–Trinajstić information content (AvgIpc) is 3.37. The molecule has 0 spiro atoms. The lowest BCUT2D eigenvalue weighted by Crippen LogP contribution is -2.64. The molecule has 180 valence electrons. The van der Waals surface area contributed by atoms with E-state index >= 15 is 0 Å². The lowest BCUT2D eigenvalue weighted by molar-refractivity contribution is -0.134. The van der Waals surface area contributed by atoms with Gasteiger partial charge in [0.25, 0.3) is 5.91 Å². The number of halogens is 1. The molecule has 1 saturated carbocycles. The molecule has 1 fully saturated rings. The Kier molecular flexibility index (Phi) is 6.00. The molecule has 3 aromatic rings. The molecule has 3 heterocycles. The van der Waals surface area contributed by atoms with Gasteiger partial charge in [-0.1, -0.05) is 26.0 Å². The fourth-order valence-electron chi connectivity index (χ4n) is 5.37. The van der Waals surface area contributed by atoms with E-state index in [4.69, 9.17) is 0 Å². The van der Waals surface area contributed by atoms with Crippen molar-refractivity contribution in [3.8, 4) is 0 Å². The van der Waals surface area contributed by atoms with Crippen molar-refractivity contribution >= 4 is 33.4 Å². The molecule has 5 rings (SSSR count). The van der Waals surface area contributed by atoms with Crippen molar-refractivity contribution in [2.45, 2.75) is 77.5 Å². The van der Waals surface area contributed by atoms with Crippen molar-refractivity contribution in [2.24, 2.45) is 5.92 Å². The van der Waals surface area contributed by atoms with Crippen molar-refractivity contribution < 1.29 is 14.0 Å². The largest absolute Gasteiger partial charge is 0.351 e. The minimum Gasteiger partial charge on any atom is -0.351 e. The molecule has 2 aliphatic rings. The summed E-state index contributed by atoms with van der Waals surface area (Å²) in [6.45, 7) is 6.79. The van der Waals surface area contributed by atoms with Gasteiger partial charge in [0.1, 0.15) is 17.1 Å². The van der Waals surface area contributed by atoms with E-state index in [9.17, 15) is 14.0 Å². The molecule has 2 aromatic heterocycles. The summed E-state index contributed by atoms with van der Waals surface area (Å²) < 4.78 is 17.0. The number of hydrogen-bond acceptors (Lipinski definition) is 3. The molecule has 0 unspecified atom stereocenters. The molecular weight excluding hydrogens is 449 g/mol. The van der Waals surface area contributed by atoms with E-state index in [-0.39, 0.29) is 30.2 Å². The third-order valence-corrected chi connectivity index (χ3v) is 8.80. The number of benzene rings is 1. The number of fused-ring (bicyclic) bond motifs is 3. The summed E-state index contributed by atoms with van der Waals surface area (Å²) in [7, 11) is 0. The highest BCUT2D eigenvalue weighted by Crippen LogP contribution is 2.37. The lowest BCUT2D eigenvalue weighted by Gasteiger charge is -2.45. The number of nitrogens with one attached hydrogen (secondary N) is 1. The molecule has 1 atom stereocenters. The van der Waals surface area contributed by atoms with E-state index in [0.29, 0.717) is 23.7 Å². The fourth-order valence-corrected chi connectivity index (χ4v) is 6.42. The Morgan fingerprint density at radius 1 is 1.21 bits per heavy atom. The first-order valence-corrected chi connectivity index (χ1v) is 13.1. The van der Waals surface area contributed by atoms with Gasteiger partial charge in [-0.2, -0.15) is 0 Å². The second-order valence-corrected chi connectivity index (χ2v) is 11.3. The molecule has 5 nitrogen and oxygen atoms in total. The summed E-state index contributed by atoms with van der Waals surface area (Å²) in [4.78, 5) is 30.5. The van der Waals surface area contributed by atoms with E-state index in [2.05, 4.69) is 25.2 Å². The molecule has 1 N–H and O–H groups in total. The summed E-state index contributed by atoms with van der Waals surface area (Å²) in [5.74, 6) is 0.0223. The normalized spacial score (nSPS) is 24.9. The van der Waals surface area contributed by atoms with Crippen LogP contribution >= 0.6 is 11.3 Å². The Morgan fingerprint density at radius 3 is 2.68 bits per heavy atom. The molecule has 2 amide bonds. The van der Waals surface area contributed by atoms with Crippen LogP contribution in [-0.2, 0) is 24.3 Å². The summed E-state index contributed by atoms with van der Waals surface area (Å²) >= 11 is 1.70. The Labute approximate surface area is 203 Å². The minimum absolute atomic E-state index is 0.129. The van der Waals surface area contributed by atoms with E-state index in [0.717, 1.165) is 42.3 Å². The Morgan fingerprint density at radius 2 is 1.97 bits per heavy atom. The molecule has 1 aliphatic carbocycles. The van der Waals surface area contributed by atoms with Crippen molar-refractivity contribution in [3.05, 3.63) is 58.3 Å². The summed E-state index contributed by atoms with van der Waals surface area (Å²) in [6.07, 6.45) is 5.07. The third-order valence-electron chi connectivity index (χ3n) is 7.59. The number of aryl methyl sites for hydroxylation is 1. The molecule has 1 aromatic carbocycles. The Balaban J connectivity index is 1.52. The van der Waals surface area contributed by atoms with Crippen LogP contribution in [0, 0.1) is 11.7 Å². The van der Waals surface area contributed by atoms with Crippen LogP contribution in [-0.4, -0.2) is 32.9 Å². The maximum absolute atomic E-state index is 13.9. The summed E-state index contributed by atoms with van der Waals surface area (Å²) in [5, 5.41) is 3.27. The topological polar surface area (TPSA) is 54.3 Å². The predicted molar refractivity (Wildman–Crippen MR) is 133 cm³/mol. The molecule has 0 saturated heterocycles. The maximum atomic E-state index is 13.9. The van der Waals surface area contributed by atoms with E-state index < -0.39 is 5.54 Å². The Hall–Kier alpha value is -2.67. The predicted octanol–water partition coefficient (Wildman–Crippen LogP) is 5.51. The number of hydrogen-bond donors (Lipinski definition) is 1. The van der Waals surface area contributed by atoms with Crippen LogP contribution in [0.25, 0.3) is 10.2 Å². The molecule has 0 bridgehead atoms. The van der Waals surface area contributed by atoms with E-state index in [1.165, 1.54) is 17.0 Å². The van der Waals surface area contributed by atoms with Gasteiger partial charge in [0.05, 0.1) is 16.8 Å². The monoisotopic (exact) mass is 481 g/mol. The average molecular weight is 482 g/mol. The standard InChI is InChI=1S/C27H32FN3O2S/c1-4-21-13-22-24(34-21)14-23-25(32)31(15-18-6-5-7-19(28)12-18)27(3,16-30(22)23)26(33)29-20-10-8-17(2)9-11-20/h5-7,12-14,17,20H,4,8-11,15-16H2,1-3H3,(H,29,33)/t17?,20?,27-/m1/s1.